The van der Waals surface area contributed by atoms with Crippen molar-refractivity contribution in [1.29, 1.82) is 0 Å². The van der Waals surface area contributed by atoms with E-state index >= 15 is 0 Å². The number of aromatic carboxylic acids is 1. The standard InChI is InChI=1S/C17H25NO6/c1-2-14-13(17(20)21)10-15(24-14)16(19)18-6-3-7-23-11-12-4-8-22-9-5-12/h10,12H,2-9,11H2,1H3,(H,18,19)(H,20,21). The molecule has 1 saturated heterocycles. The molecule has 1 aliphatic heterocycles. The van der Waals surface area contributed by atoms with Gasteiger partial charge in [0, 0.05) is 45.5 Å². The third kappa shape index (κ3) is 5.35. The number of nitrogens with one attached hydrogen (secondary N) is 1. The van der Waals surface area contributed by atoms with Crippen LogP contribution in [0.5, 0.6) is 0 Å². The lowest BCUT2D eigenvalue weighted by molar-refractivity contribution is 0.0202. The van der Waals surface area contributed by atoms with Gasteiger partial charge < -0.3 is 24.3 Å². The van der Waals surface area contributed by atoms with E-state index in [-0.39, 0.29) is 11.3 Å². The van der Waals surface area contributed by atoms with Crippen molar-refractivity contribution in [1.82, 2.24) is 5.32 Å². The van der Waals surface area contributed by atoms with Crippen LogP contribution < -0.4 is 5.32 Å². The van der Waals surface area contributed by atoms with Crippen molar-refractivity contribution in [3.8, 4) is 0 Å². The molecule has 0 spiro atoms. The van der Waals surface area contributed by atoms with E-state index in [1.807, 2.05) is 0 Å². The SMILES string of the molecule is CCc1oc(C(=O)NCCCOCC2CCOCC2)cc1C(=O)O. The Bertz CT molecular complexity index is 547. The highest BCUT2D eigenvalue weighted by atomic mass is 16.5. The number of rotatable bonds is 9. The predicted molar refractivity (Wildman–Crippen MR) is 86.4 cm³/mol. The zero-order valence-electron chi connectivity index (χ0n) is 14.0. The van der Waals surface area contributed by atoms with Gasteiger partial charge in [-0.1, -0.05) is 6.92 Å². The minimum absolute atomic E-state index is 0.0346. The van der Waals surface area contributed by atoms with Crippen molar-refractivity contribution >= 4 is 11.9 Å². The monoisotopic (exact) mass is 339 g/mol. The van der Waals surface area contributed by atoms with E-state index in [9.17, 15) is 9.59 Å². The van der Waals surface area contributed by atoms with Crippen molar-refractivity contribution in [2.75, 3.05) is 33.0 Å². The molecule has 1 amide bonds. The number of amides is 1. The molecule has 24 heavy (non-hydrogen) atoms. The van der Waals surface area contributed by atoms with Crippen LogP contribution in [0.1, 0.15) is 52.9 Å². The van der Waals surface area contributed by atoms with Crippen LogP contribution in [0.2, 0.25) is 0 Å². The van der Waals surface area contributed by atoms with E-state index in [2.05, 4.69) is 5.32 Å². The Balaban J connectivity index is 1.65. The zero-order chi connectivity index (χ0) is 17.4. The average Bonchev–Trinajstić information content (AvgIpc) is 3.03. The molecule has 0 aromatic carbocycles. The molecule has 2 N–H and O–H groups in total. The lowest BCUT2D eigenvalue weighted by Crippen LogP contribution is -2.25. The van der Waals surface area contributed by atoms with Crippen LogP contribution >= 0.6 is 0 Å². The Morgan fingerprint density at radius 1 is 1.38 bits per heavy atom. The number of carboxylic acids is 1. The summed E-state index contributed by atoms with van der Waals surface area (Å²) in [6, 6.07) is 1.28. The number of carbonyl (C=O) groups excluding carboxylic acids is 1. The Labute approximate surface area is 141 Å². The molecule has 0 unspecified atom stereocenters. The van der Waals surface area contributed by atoms with Gasteiger partial charge in [0.05, 0.1) is 0 Å². The van der Waals surface area contributed by atoms with E-state index in [1.54, 1.807) is 6.92 Å². The first-order valence-corrected chi connectivity index (χ1v) is 8.41. The van der Waals surface area contributed by atoms with E-state index in [0.29, 0.717) is 37.7 Å². The van der Waals surface area contributed by atoms with Gasteiger partial charge in [-0.05, 0) is 25.2 Å². The van der Waals surface area contributed by atoms with E-state index in [4.69, 9.17) is 19.0 Å². The normalized spacial score (nSPS) is 15.4. The quantitative estimate of drug-likeness (QED) is 0.669. The van der Waals surface area contributed by atoms with Gasteiger partial charge in [0.15, 0.2) is 5.76 Å². The highest BCUT2D eigenvalue weighted by Crippen LogP contribution is 2.16. The minimum atomic E-state index is -1.09. The summed E-state index contributed by atoms with van der Waals surface area (Å²) in [6.07, 6.45) is 3.21. The van der Waals surface area contributed by atoms with Crippen molar-refractivity contribution in [2.24, 2.45) is 5.92 Å². The van der Waals surface area contributed by atoms with Gasteiger partial charge in [-0.25, -0.2) is 4.79 Å². The number of hydrogen-bond donors (Lipinski definition) is 2. The third-order valence-corrected chi connectivity index (χ3v) is 4.03. The fraction of sp³-hybridized carbons (Fsp3) is 0.647. The Kier molecular flexibility index (Phi) is 7.27. The summed E-state index contributed by atoms with van der Waals surface area (Å²) in [7, 11) is 0. The molecule has 0 aliphatic carbocycles. The van der Waals surface area contributed by atoms with Crippen LogP contribution in [0.4, 0.5) is 0 Å². The lowest BCUT2D eigenvalue weighted by Gasteiger charge is -2.21. The summed E-state index contributed by atoms with van der Waals surface area (Å²) in [4.78, 5) is 23.0. The molecule has 7 heteroatoms. The molecule has 0 radical (unpaired) electrons. The lowest BCUT2D eigenvalue weighted by atomic mass is 10.0. The van der Waals surface area contributed by atoms with Crippen LogP contribution in [-0.4, -0.2) is 50.0 Å². The van der Waals surface area contributed by atoms with Gasteiger partial charge in [-0.2, -0.15) is 0 Å². The fourth-order valence-corrected chi connectivity index (χ4v) is 2.61. The molecule has 0 bridgehead atoms. The molecule has 1 aromatic rings. The van der Waals surface area contributed by atoms with Crippen molar-refractivity contribution in [3.63, 3.8) is 0 Å². The number of furan rings is 1. The molecule has 2 rings (SSSR count). The van der Waals surface area contributed by atoms with Gasteiger partial charge in [0.1, 0.15) is 11.3 Å². The Hall–Kier alpha value is -1.86. The van der Waals surface area contributed by atoms with E-state index < -0.39 is 11.9 Å². The second-order valence-corrected chi connectivity index (χ2v) is 5.85. The summed E-state index contributed by atoms with van der Waals surface area (Å²) in [5.74, 6) is -0.573. The van der Waals surface area contributed by atoms with E-state index in [1.165, 1.54) is 6.07 Å². The molecule has 134 valence electrons. The van der Waals surface area contributed by atoms with Crippen LogP contribution in [0, 0.1) is 5.92 Å². The number of ether oxygens (including phenoxy) is 2. The summed E-state index contributed by atoms with van der Waals surface area (Å²) in [6.45, 7) is 5.17. The average molecular weight is 339 g/mol. The van der Waals surface area contributed by atoms with Gasteiger partial charge in [-0.3, -0.25) is 4.79 Å². The largest absolute Gasteiger partial charge is 0.478 e. The molecular weight excluding hydrogens is 314 g/mol. The third-order valence-electron chi connectivity index (χ3n) is 4.03. The van der Waals surface area contributed by atoms with E-state index in [0.717, 1.165) is 32.7 Å². The second kappa shape index (κ2) is 9.44. The molecule has 7 nitrogen and oxygen atoms in total. The Morgan fingerprint density at radius 3 is 2.75 bits per heavy atom. The van der Waals surface area contributed by atoms with Crippen molar-refractivity contribution in [3.05, 3.63) is 23.2 Å². The fourth-order valence-electron chi connectivity index (χ4n) is 2.61. The van der Waals surface area contributed by atoms with Crippen molar-refractivity contribution in [2.45, 2.75) is 32.6 Å². The van der Waals surface area contributed by atoms with Gasteiger partial charge in [0.25, 0.3) is 5.91 Å². The highest BCUT2D eigenvalue weighted by Gasteiger charge is 2.19. The first-order valence-electron chi connectivity index (χ1n) is 8.41. The summed E-state index contributed by atoms with van der Waals surface area (Å²) >= 11 is 0. The summed E-state index contributed by atoms with van der Waals surface area (Å²) < 4.78 is 16.2. The minimum Gasteiger partial charge on any atom is -0.478 e. The highest BCUT2D eigenvalue weighted by molar-refractivity contribution is 5.96. The van der Waals surface area contributed by atoms with Gasteiger partial charge in [-0.15, -0.1) is 0 Å². The second-order valence-electron chi connectivity index (χ2n) is 5.85. The molecular formula is C17H25NO6. The number of carboxylic acid groups (broad SMARTS) is 1. The van der Waals surface area contributed by atoms with Crippen LogP contribution in [-0.2, 0) is 15.9 Å². The summed E-state index contributed by atoms with van der Waals surface area (Å²) in [5, 5.41) is 11.8. The molecule has 1 aromatic heterocycles. The smallest absolute Gasteiger partial charge is 0.339 e. The molecule has 0 atom stereocenters. The van der Waals surface area contributed by atoms with Gasteiger partial charge in [0.2, 0.25) is 0 Å². The molecule has 0 saturated carbocycles. The number of hydrogen-bond acceptors (Lipinski definition) is 5. The molecule has 2 heterocycles. The maximum atomic E-state index is 12.0. The van der Waals surface area contributed by atoms with Crippen LogP contribution in [0.3, 0.4) is 0 Å². The summed E-state index contributed by atoms with van der Waals surface area (Å²) in [5.41, 5.74) is 0.0439. The topological polar surface area (TPSA) is 98.0 Å². The van der Waals surface area contributed by atoms with Gasteiger partial charge >= 0.3 is 5.97 Å². The zero-order valence-corrected chi connectivity index (χ0v) is 14.0. The first-order chi connectivity index (χ1) is 11.6. The van der Waals surface area contributed by atoms with Crippen molar-refractivity contribution < 1.29 is 28.6 Å². The molecule has 1 fully saturated rings. The first kappa shape index (κ1) is 18.5. The number of aryl methyl sites for hydroxylation is 1. The molecule has 1 aliphatic rings. The van der Waals surface area contributed by atoms with Crippen LogP contribution in [0.25, 0.3) is 0 Å². The van der Waals surface area contributed by atoms with Crippen LogP contribution in [0.15, 0.2) is 10.5 Å². The number of carbonyl (C=O) groups is 2. The Morgan fingerprint density at radius 2 is 2.12 bits per heavy atom. The maximum Gasteiger partial charge on any atom is 0.339 e. The maximum absolute atomic E-state index is 12.0. The predicted octanol–water partition coefficient (Wildman–Crippen LogP) is 2.10.